The molecular weight excluding hydrogens is 422 g/mol. The van der Waals surface area contributed by atoms with E-state index in [9.17, 15) is 4.79 Å². The number of carbonyl (C=O) groups excluding carboxylic acids is 1. The van der Waals surface area contributed by atoms with Crippen molar-refractivity contribution in [2.75, 3.05) is 12.4 Å². The standard InChI is InChI=1S/C20H24BrN5O2/c1-5-18(26-12-16(21)10-22-26)20(27)23-19-13(2)24-25(14(19)3)11-15-7-6-8-17(9-15)28-4/h6-10,12,18H,5,11H2,1-4H3,(H,23,27). The quantitative estimate of drug-likeness (QED) is 0.593. The molecule has 0 radical (unpaired) electrons. The summed E-state index contributed by atoms with van der Waals surface area (Å²) in [6, 6.07) is 7.50. The van der Waals surface area contributed by atoms with Crippen molar-refractivity contribution in [1.29, 1.82) is 0 Å². The lowest BCUT2D eigenvalue weighted by atomic mass is 10.2. The van der Waals surface area contributed by atoms with Gasteiger partial charge in [-0.25, -0.2) is 0 Å². The smallest absolute Gasteiger partial charge is 0.249 e. The zero-order valence-corrected chi connectivity index (χ0v) is 18.0. The molecule has 1 aromatic carbocycles. The van der Waals surface area contributed by atoms with Crippen LogP contribution in [0.5, 0.6) is 5.75 Å². The highest BCUT2D eigenvalue weighted by molar-refractivity contribution is 9.10. The van der Waals surface area contributed by atoms with Gasteiger partial charge in [-0.15, -0.1) is 0 Å². The van der Waals surface area contributed by atoms with Crippen LogP contribution in [-0.2, 0) is 11.3 Å². The Kier molecular flexibility index (Phi) is 6.18. The molecule has 3 rings (SSSR count). The Morgan fingerprint density at radius 3 is 2.79 bits per heavy atom. The Morgan fingerprint density at radius 2 is 2.14 bits per heavy atom. The van der Waals surface area contributed by atoms with Crippen LogP contribution < -0.4 is 10.1 Å². The van der Waals surface area contributed by atoms with Gasteiger partial charge in [0.25, 0.3) is 0 Å². The van der Waals surface area contributed by atoms with Gasteiger partial charge in [0.2, 0.25) is 5.91 Å². The molecule has 3 aromatic rings. The second-order valence-corrected chi connectivity index (χ2v) is 7.52. The largest absolute Gasteiger partial charge is 0.497 e. The summed E-state index contributed by atoms with van der Waals surface area (Å²) < 4.78 is 9.70. The van der Waals surface area contributed by atoms with Gasteiger partial charge in [0.15, 0.2) is 0 Å². The van der Waals surface area contributed by atoms with Crippen LogP contribution in [0.25, 0.3) is 0 Å². The maximum absolute atomic E-state index is 12.9. The van der Waals surface area contributed by atoms with Crippen LogP contribution in [0.1, 0.15) is 36.3 Å². The van der Waals surface area contributed by atoms with E-state index in [4.69, 9.17) is 4.74 Å². The van der Waals surface area contributed by atoms with Crippen LogP contribution >= 0.6 is 15.9 Å². The molecule has 0 saturated heterocycles. The summed E-state index contributed by atoms with van der Waals surface area (Å²) in [6.45, 7) is 6.42. The highest BCUT2D eigenvalue weighted by Gasteiger charge is 2.22. The van der Waals surface area contributed by atoms with Crippen LogP contribution in [0.4, 0.5) is 5.69 Å². The molecule has 0 saturated carbocycles. The fraction of sp³-hybridized carbons (Fsp3) is 0.350. The summed E-state index contributed by atoms with van der Waals surface area (Å²) in [5.74, 6) is 0.703. The number of benzene rings is 1. The Balaban J connectivity index is 1.80. The lowest BCUT2D eigenvalue weighted by molar-refractivity contribution is -0.119. The van der Waals surface area contributed by atoms with Crippen LogP contribution in [0.3, 0.4) is 0 Å². The number of hydrogen-bond donors (Lipinski definition) is 1. The van der Waals surface area contributed by atoms with E-state index < -0.39 is 0 Å². The van der Waals surface area contributed by atoms with Crippen molar-refractivity contribution < 1.29 is 9.53 Å². The molecular formula is C20H24BrN5O2. The number of amides is 1. The maximum Gasteiger partial charge on any atom is 0.249 e. The zero-order chi connectivity index (χ0) is 20.3. The van der Waals surface area contributed by atoms with Crippen molar-refractivity contribution in [3.05, 3.63) is 58.1 Å². The van der Waals surface area contributed by atoms with Gasteiger partial charge in [0.1, 0.15) is 11.8 Å². The molecule has 0 aliphatic rings. The summed E-state index contributed by atoms with van der Waals surface area (Å²) in [5.41, 5.74) is 3.52. The van der Waals surface area contributed by atoms with E-state index in [1.807, 2.05) is 49.7 Å². The van der Waals surface area contributed by atoms with Crippen LogP contribution in [0.15, 0.2) is 41.1 Å². The van der Waals surface area contributed by atoms with E-state index in [0.29, 0.717) is 13.0 Å². The third kappa shape index (κ3) is 4.27. The lowest BCUT2D eigenvalue weighted by Gasteiger charge is -2.16. The highest BCUT2D eigenvalue weighted by atomic mass is 79.9. The number of nitrogens with one attached hydrogen (secondary N) is 1. The molecule has 1 atom stereocenters. The number of hydrogen-bond acceptors (Lipinski definition) is 4. The minimum absolute atomic E-state index is 0.106. The molecule has 1 amide bonds. The first-order valence-electron chi connectivity index (χ1n) is 9.10. The topological polar surface area (TPSA) is 74.0 Å². The first kappa shape index (κ1) is 20.1. The molecule has 0 fully saturated rings. The Morgan fingerprint density at radius 1 is 1.36 bits per heavy atom. The van der Waals surface area contributed by atoms with E-state index in [0.717, 1.165) is 32.9 Å². The number of anilines is 1. The maximum atomic E-state index is 12.9. The number of rotatable bonds is 7. The van der Waals surface area contributed by atoms with Crippen molar-refractivity contribution in [2.45, 2.75) is 39.8 Å². The number of aromatic nitrogens is 4. The molecule has 148 valence electrons. The minimum Gasteiger partial charge on any atom is -0.497 e. The van der Waals surface area contributed by atoms with E-state index >= 15 is 0 Å². The van der Waals surface area contributed by atoms with Gasteiger partial charge in [-0.2, -0.15) is 10.2 Å². The molecule has 0 aliphatic carbocycles. The third-order valence-electron chi connectivity index (χ3n) is 4.67. The second-order valence-electron chi connectivity index (χ2n) is 6.61. The van der Waals surface area contributed by atoms with Crippen molar-refractivity contribution in [2.24, 2.45) is 0 Å². The van der Waals surface area contributed by atoms with E-state index in [2.05, 4.69) is 31.4 Å². The molecule has 0 spiro atoms. The molecule has 1 unspecified atom stereocenters. The fourth-order valence-electron chi connectivity index (χ4n) is 3.16. The SMILES string of the molecule is CCC(C(=O)Nc1c(C)nn(Cc2cccc(OC)c2)c1C)n1cc(Br)cn1. The second kappa shape index (κ2) is 8.60. The summed E-state index contributed by atoms with van der Waals surface area (Å²) in [5, 5.41) is 11.9. The lowest BCUT2D eigenvalue weighted by Crippen LogP contribution is -2.26. The average Bonchev–Trinajstić information content (AvgIpc) is 3.21. The van der Waals surface area contributed by atoms with Gasteiger partial charge >= 0.3 is 0 Å². The number of halogens is 1. The summed E-state index contributed by atoms with van der Waals surface area (Å²) in [4.78, 5) is 12.9. The molecule has 0 aliphatic heterocycles. The number of nitrogens with zero attached hydrogens (tertiary/aromatic N) is 4. The minimum atomic E-state index is -0.383. The van der Waals surface area contributed by atoms with Crippen molar-refractivity contribution in [3.8, 4) is 5.75 Å². The number of ether oxygens (including phenoxy) is 1. The van der Waals surface area contributed by atoms with Gasteiger partial charge in [0.05, 0.1) is 41.4 Å². The van der Waals surface area contributed by atoms with Gasteiger partial charge in [-0.3, -0.25) is 14.2 Å². The molecule has 8 heteroatoms. The van der Waals surface area contributed by atoms with Crippen LogP contribution in [0, 0.1) is 13.8 Å². The van der Waals surface area contributed by atoms with E-state index in [1.54, 1.807) is 24.2 Å². The van der Waals surface area contributed by atoms with Crippen molar-refractivity contribution in [1.82, 2.24) is 19.6 Å². The summed E-state index contributed by atoms with van der Waals surface area (Å²) in [7, 11) is 1.65. The van der Waals surface area contributed by atoms with Gasteiger partial charge < -0.3 is 10.1 Å². The van der Waals surface area contributed by atoms with Gasteiger partial charge in [0, 0.05) is 6.20 Å². The Bertz CT molecular complexity index is 979. The van der Waals surface area contributed by atoms with E-state index in [-0.39, 0.29) is 11.9 Å². The van der Waals surface area contributed by atoms with Crippen LogP contribution in [-0.4, -0.2) is 32.6 Å². The molecule has 2 heterocycles. The average molecular weight is 446 g/mol. The number of carbonyl (C=O) groups is 1. The Labute approximate surface area is 172 Å². The first-order chi connectivity index (χ1) is 13.4. The predicted molar refractivity (Wildman–Crippen MR) is 112 cm³/mol. The predicted octanol–water partition coefficient (Wildman–Crippen LogP) is 4.11. The molecule has 7 nitrogen and oxygen atoms in total. The number of aryl methyl sites for hydroxylation is 1. The van der Waals surface area contributed by atoms with Crippen molar-refractivity contribution >= 4 is 27.5 Å². The highest BCUT2D eigenvalue weighted by Crippen LogP contribution is 2.24. The fourth-order valence-corrected chi connectivity index (χ4v) is 3.46. The zero-order valence-electron chi connectivity index (χ0n) is 16.4. The van der Waals surface area contributed by atoms with E-state index in [1.165, 1.54) is 0 Å². The molecule has 2 aromatic heterocycles. The van der Waals surface area contributed by atoms with Gasteiger partial charge in [-0.05, 0) is 53.9 Å². The molecule has 0 bridgehead atoms. The Hall–Kier alpha value is -2.61. The summed E-state index contributed by atoms with van der Waals surface area (Å²) in [6.07, 6.45) is 4.12. The summed E-state index contributed by atoms with van der Waals surface area (Å²) >= 11 is 3.38. The molecule has 1 N–H and O–H groups in total. The number of methoxy groups -OCH3 is 1. The van der Waals surface area contributed by atoms with Crippen LogP contribution in [0.2, 0.25) is 0 Å². The third-order valence-corrected chi connectivity index (χ3v) is 5.08. The first-order valence-corrected chi connectivity index (χ1v) is 9.89. The van der Waals surface area contributed by atoms with Gasteiger partial charge in [-0.1, -0.05) is 19.1 Å². The monoisotopic (exact) mass is 445 g/mol. The molecule has 28 heavy (non-hydrogen) atoms. The normalized spacial score (nSPS) is 12.0. The van der Waals surface area contributed by atoms with Crippen molar-refractivity contribution in [3.63, 3.8) is 0 Å².